The van der Waals surface area contributed by atoms with E-state index in [0.717, 1.165) is 28.9 Å². The highest BCUT2D eigenvalue weighted by atomic mass is 16.5. The van der Waals surface area contributed by atoms with Gasteiger partial charge in [0.05, 0.1) is 7.11 Å². The van der Waals surface area contributed by atoms with Crippen LogP contribution >= 0.6 is 0 Å². The van der Waals surface area contributed by atoms with Crippen molar-refractivity contribution in [3.05, 3.63) is 65.2 Å². The third-order valence-corrected chi connectivity index (χ3v) is 3.21. The molecule has 0 aliphatic rings. The lowest BCUT2D eigenvalue weighted by Crippen LogP contribution is -1.82. The second kappa shape index (κ2) is 8.60. The van der Waals surface area contributed by atoms with Crippen LogP contribution in [0.1, 0.15) is 42.9 Å². The Labute approximate surface area is 133 Å². The van der Waals surface area contributed by atoms with E-state index in [1.54, 1.807) is 7.11 Å². The molecule has 0 N–H and O–H groups in total. The predicted molar refractivity (Wildman–Crippen MR) is 91.8 cm³/mol. The third kappa shape index (κ3) is 5.04. The molecule has 1 heteroatoms. The summed E-state index contributed by atoms with van der Waals surface area (Å²) in [5.41, 5.74) is 3.02. The molecular formula is C21H20O. The van der Waals surface area contributed by atoms with Gasteiger partial charge < -0.3 is 4.74 Å². The van der Waals surface area contributed by atoms with Crippen molar-refractivity contribution in [1.82, 2.24) is 0 Å². The van der Waals surface area contributed by atoms with Gasteiger partial charge >= 0.3 is 0 Å². The molecule has 0 aliphatic heterocycles. The number of benzene rings is 2. The quantitative estimate of drug-likeness (QED) is 0.590. The van der Waals surface area contributed by atoms with Gasteiger partial charge in [0.1, 0.15) is 5.75 Å². The van der Waals surface area contributed by atoms with Crippen molar-refractivity contribution in [2.45, 2.75) is 26.2 Å². The normalized spacial score (nSPS) is 9.18. The molecule has 0 unspecified atom stereocenters. The maximum absolute atomic E-state index is 5.13. The van der Waals surface area contributed by atoms with Gasteiger partial charge in [0.2, 0.25) is 0 Å². The van der Waals surface area contributed by atoms with Gasteiger partial charge in [-0.15, -0.1) is 0 Å². The molecule has 0 saturated heterocycles. The lowest BCUT2D eigenvalue weighted by Gasteiger charge is -1.97. The molecule has 0 heterocycles. The SMILES string of the molecule is CCCCC#Cc1ccc(C#Cc2ccc(OC)cc2)cc1. The summed E-state index contributed by atoms with van der Waals surface area (Å²) in [6.07, 6.45) is 3.32. The summed E-state index contributed by atoms with van der Waals surface area (Å²) in [6.45, 7) is 2.18. The van der Waals surface area contributed by atoms with Crippen LogP contribution in [0, 0.1) is 23.7 Å². The summed E-state index contributed by atoms with van der Waals surface area (Å²) < 4.78 is 5.13. The molecule has 1 nitrogen and oxygen atoms in total. The zero-order chi connectivity index (χ0) is 15.6. The van der Waals surface area contributed by atoms with E-state index in [1.165, 1.54) is 12.8 Å². The van der Waals surface area contributed by atoms with Crippen LogP contribution in [-0.2, 0) is 0 Å². The molecule has 0 aliphatic carbocycles. The smallest absolute Gasteiger partial charge is 0.118 e. The van der Waals surface area contributed by atoms with Crippen LogP contribution < -0.4 is 4.74 Å². The average molecular weight is 288 g/mol. The molecule has 0 saturated carbocycles. The Morgan fingerprint density at radius 2 is 1.27 bits per heavy atom. The zero-order valence-electron chi connectivity index (χ0n) is 13.1. The molecule has 0 atom stereocenters. The van der Waals surface area contributed by atoms with Gasteiger partial charge in [0, 0.05) is 23.1 Å². The fraction of sp³-hybridized carbons (Fsp3) is 0.238. The van der Waals surface area contributed by atoms with Gasteiger partial charge in [0.25, 0.3) is 0 Å². The summed E-state index contributed by atoms with van der Waals surface area (Å²) in [5.74, 6) is 13.5. The summed E-state index contributed by atoms with van der Waals surface area (Å²) >= 11 is 0. The number of hydrogen-bond donors (Lipinski definition) is 0. The highest BCUT2D eigenvalue weighted by Crippen LogP contribution is 2.10. The molecule has 0 bridgehead atoms. The molecule has 0 radical (unpaired) electrons. The van der Waals surface area contributed by atoms with Crippen molar-refractivity contribution in [2.24, 2.45) is 0 Å². The van der Waals surface area contributed by atoms with Crippen LogP contribution in [0.5, 0.6) is 5.75 Å². The van der Waals surface area contributed by atoms with E-state index in [-0.39, 0.29) is 0 Å². The van der Waals surface area contributed by atoms with Crippen molar-refractivity contribution in [3.8, 4) is 29.4 Å². The van der Waals surface area contributed by atoms with Crippen LogP contribution in [0.3, 0.4) is 0 Å². The first-order valence-corrected chi connectivity index (χ1v) is 7.57. The minimum absolute atomic E-state index is 0.844. The summed E-state index contributed by atoms with van der Waals surface area (Å²) in [7, 11) is 1.66. The minimum Gasteiger partial charge on any atom is -0.497 e. The molecule has 2 rings (SSSR count). The molecule has 0 spiro atoms. The van der Waals surface area contributed by atoms with Gasteiger partial charge in [-0.25, -0.2) is 0 Å². The average Bonchev–Trinajstić information content (AvgIpc) is 2.58. The van der Waals surface area contributed by atoms with E-state index in [9.17, 15) is 0 Å². The Kier molecular flexibility index (Phi) is 6.16. The van der Waals surface area contributed by atoms with Gasteiger partial charge in [-0.05, 0) is 55.0 Å². The van der Waals surface area contributed by atoms with Crippen molar-refractivity contribution in [3.63, 3.8) is 0 Å². The van der Waals surface area contributed by atoms with Crippen molar-refractivity contribution in [2.75, 3.05) is 7.11 Å². The molecule has 0 aromatic heterocycles. The van der Waals surface area contributed by atoms with Crippen LogP contribution in [0.4, 0.5) is 0 Å². The fourth-order valence-electron chi connectivity index (χ4n) is 1.89. The third-order valence-electron chi connectivity index (χ3n) is 3.21. The van der Waals surface area contributed by atoms with E-state index in [2.05, 4.69) is 30.6 Å². The number of unbranched alkanes of at least 4 members (excludes halogenated alkanes) is 2. The molecule has 2 aromatic carbocycles. The monoisotopic (exact) mass is 288 g/mol. The van der Waals surface area contributed by atoms with E-state index in [0.29, 0.717) is 0 Å². The van der Waals surface area contributed by atoms with Crippen LogP contribution in [0.25, 0.3) is 0 Å². The minimum atomic E-state index is 0.844. The number of hydrogen-bond acceptors (Lipinski definition) is 1. The second-order valence-electron chi connectivity index (χ2n) is 4.96. The highest BCUT2D eigenvalue weighted by molar-refractivity contribution is 5.46. The van der Waals surface area contributed by atoms with E-state index >= 15 is 0 Å². The number of methoxy groups -OCH3 is 1. The molecule has 0 fully saturated rings. The lowest BCUT2D eigenvalue weighted by atomic mass is 10.1. The maximum Gasteiger partial charge on any atom is 0.118 e. The van der Waals surface area contributed by atoms with Gasteiger partial charge in [0.15, 0.2) is 0 Å². The fourth-order valence-corrected chi connectivity index (χ4v) is 1.89. The van der Waals surface area contributed by atoms with Crippen LogP contribution in [0.15, 0.2) is 48.5 Å². The molecule has 0 amide bonds. The summed E-state index contributed by atoms with van der Waals surface area (Å²) in [6, 6.07) is 15.8. The van der Waals surface area contributed by atoms with Crippen molar-refractivity contribution >= 4 is 0 Å². The number of ether oxygens (including phenoxy) is 1. The predicted octanol–water partition coefficient (Wildman–Crippen LogP) is 4.64. The van der Waals surface area contributed by atoms with Crippen LogP contribution in [0.2, 0.25) is 0 Å². The van der Waals surface area contributed by atoms with E-state index < -0.39 is 0 Å². The van der Waals surface area contributed by atoms with Crippen molar-refractivity contribution in [1.29, 1.82) is 0 Å². The Bertz CT molecular complexity index is 701. The van der Waals surface area contributed by atoms with E-state index in [1.807, 2.05) is 48.5 Å². The topological polar surface area (TPSA) is 9.23 Å². The van der Waals surface area contributed by atoms with Gasteiger partial charge in [-0.3, -0.25) is 0 Å². The maximum atomic E-state index is 5.13. The molecule has 2 aromatic rings. The first kappa shape index (κ1) is 15.7. The summed E-state index contributed by atoms with van der Waals surface area (Å²) in [5, 5.41) is 0. The summed E-state index contributed by atoms with van der Waals surface area (Å²) in [4.78, 5) is 0. The van der Waals surface area contributed by atoms with Gasteiger partial charge in [-0.1, -0.05) is 37.0 Å². The lowest BCUT2D eigenvalue weighted by molar-refractivity contribution is 0.415. The standard InChI is InChI=1S/C21H20O/c1-3-4-5-6-7-18-8-10-19(11-9-18)12-13-20-14-16-21(22-2)17-15-20/h8-11,14-17H,3-5H2,1-2H3. The van der Waals surface area contributed by atoms with E-state index in [4.69, 9.17) is 4.74 Å². The Balaban J connectivity index is 2.01. The molecule has 110 valence electrons. The largest absolute Gasteiger partial charge is 0.497 e. The van der Waals surface area contributed by atoms with Crippen LogP contribution in [-0.4, -0.2) is 7.11 Å². The Morgan fingerprint density at radius 3 is 1.77 bits per heavy atom. The number of rotatable bonds is 3. The van der Waals surface area contributed by atoms with Crippen molar-refractivity contribution < 1.29 is 4.74 Å². The Morgan fingerprint density at radius 1 is 0.773 bits per heavy atom. The first-order chi connectivity index (χ1) is 10.8. The zero-order valence-corrected chi connectivity index (χ0v) is 13.1. The first-order valence-electron chi connectivity index (χ1n) is 7.57. The molecular weight excluding hydrogens is 268 g/mol. The second-order valence-corrected chi connectivity index (χ2v) is 4.96. The van der Waals surface area contributed by atoms with Gasteiger partial charge in [-0.2, -0.15) is 0 Å². The highest BCUT2D eigenvalue weighted by Gasteiger charge is 1.91. The molecule has 22 heavy (non-hydrogen) atoms. The Hall–Kier alpha value is -2.64.